The molecule has 2 N–H and O–H groups in total. The predicted molar refractivity (Wildman–Crippen MR) is 96.0 cm³/mol. The summed E-state index contributed by atoms with van der Waals surface area (Å²) in [5.74, 6) is -1.67. The van der Waals surface area contributed by atoms with E-state index in [0.717, 1.165) is 11.1 Å². The van der Waals surface area contributed by atoms with Crippen LogP contribution in [-0.4, -0.2) is 47.1 Å². The van der Waals surface area contributed by atoms with Crippen molar-refractivity contribution in [1.82, 2.24) is 0 Å². The summed E-state index contributed by atoms with van der Waals surface area (Å²) in [5, 5.41) is 19.4. The lowest BCUT2D eigenvalue weighted by molar-refractivity contribution is -0.147. The lowest BCUT2D eigenvalue weighted by atomic mass is 9.85. The number of carbonyl (C=O) groups excluding carboxylic acids is 2. The molecule has 0 amide bonds. The van der Waals surface area contributed by atoms with Crippen LogP contribution in [0.3, 0.4) is 0 Å². The molecule has 26 heavy (non-hydrogen) atoms. The van der Waals surface area contributed by atoms with Crippen LogP contribution in [0.2, 0.25) is 0 Å². The molecule has 1 saturated heterocycles. The average molecular weight is 362 g/mol. The van der Waals surface area contributed by atoms with Gasteiger partial charge in [0.1, 0.15) is 12.2 Å². The summed E-state index contributed by atoms with van der Waals surface area (Å²) < 4.78 is 11.0. The fourth-order valence-electron chi connectivity index (χ4n) is 3.36. The highest BCUT2D eigenvalue weighted by molar-refractivity contribution is 5.92. The Morgan fingerprint density at radius 2 is 2.00 bits per heavy atom. The van der Waals surface area contributed by atoms with Crippen LogP contribution >= 0.6 is 0 Å². The van der Waals surface area contributed by atoms with Gasteiger partial charge in [-0.3, -0.25) is 0 Å². The average Bonchev–Trinajstić information content (AvgIpc) is 2.81. The molecular formula is C20H26O6. The van der Waals surface area contributed by atoms with Gasteiger partial charge in [0.25, 0.3) is 0 Å². The number of ether oxygens (including phenoxy) is 2. The molecule has 6 heteroatoms. The summed E-state index contributed by atoms with van der Waals surface area (Å²) in [5.41, 5.74) is 2.11. The van der Waals surface area contributed by atoms with Crippen LogP contribution < -0.4 is 0 Å². The van der Waals surface area contributed by atoms with Crippen LogP contribution in [0.5, 0.6) is 0 Å². The van der Waals surface area contributed by atoms with Crippen molar-refractivity contribution in [2.45, 2.75) is 51.9 Å². The van der Waals surface area contributed by atoms with Crippen molar-refractivity contribution in [3.05, 3.63) is 47.1 Å². The van der Waals surface area contributed by atoms with E-state index in [2.05, 4.69) is 6.58 Å². The molecular weight excluding hydrogens is 336 g/mol. The Labute approximate surface area is 153 Å². The number of aliphatic hydroxyl groups is 2. The zero-order valence-electron chi connectivity index (χ0n) is 15.4. The molecule has 1 aliphatic carbocycles. The molecule has 2 aliphatic rings. The third-order valence-electron chi connectivity index (χ3n) is 4.68. The molecule has 142 valence electrons. The highest BCUT2D eigenvalue weighted by Gasteiger charge is 2.44. The van der Waals surface area contributed by atoms with Gasteiger partial charge >= 0.3 is 11.9 Å². The molecule has 0 spiro atoms. The Morgan fingerprint density at radius 3 is 2.62 bits per heavy atom. The van der Waals surface area contributed by atoms with Gasteiger partial charge < -0.3 is 19.7 Å². The van der Waals surface area contributed by atoms with E-state index in [0.29, 0.717) is 12.8 Å². The second-order valence-corrected chi connectivity index (χ2v) is 6.84. The first-order valence-electron chi connectivity index (χ1n) is 8.66. The molecule has 0 unspecified atom stereocenters. The van der Waals surface area contributed by atoms with E-state index >= 15 is 0 Å². The van der Waals surface area contributed by atoms with Crippen LogP contribution in [0, 0.1) is 5.92 Å². The number of aliphatic hydroxyl groups excluding tert-OH is 2. The topological polar surface area (TPSA) is 93.1 Å². The molecule has 0 aromatic rings. The molecule has 0 aromatic heterocycles. The summed E-state index contributed by atoms with van der Waals surface area (Å²) >= 11 is 0. The van der Waals surface area contributed by atoms with Crippen molar-refractivity contribution in [1.29, 1.82) is 0 Å². The summed E-state index contributed by atoms with van der Waals surface area (Å²) in [4.78, 5) is 24.4. The third-order valence-corrected chi connectivity index (χ3v) is 4.68. The van der Waals surface area contributed by atoms with Crippen LogP contribution in [0.4, 0.5) is 0 Å². The van der Waals surface area contributed by atoms with E-state index in [1.165, 1.54) is 6.08 Å². The van der Waals surface area contributed by atoms with Crippen LogP contribution in [-0.2, 0) is 19.1 Å². The minimum absolute atomic E-state index is 0.142. The van der Waals surface area contributed by atoms with Gasteiger partial charge in [0.05, 0.1) is 24.2 Å². The number of rotatable bonds is 3. The Hall–Kier alpha value is -2.18. The fraction of sp³-hybridized carbons (Fsp3) is 0.500. The van der Waals surface area contributed by atoms with Gasteiger partial charge in [-0.25, -0.2) is 9.59 Å². The monoisotopic (exact) mass is 362 g/mol. The summed E-state index contributed by atoms with van der Waals surface area (Å²) in [6.07, 6.45) is 3.79. The predicted octanol–water partition coefficient (Wildman–Crippen LogP) is 1.98. The van der Waals surface area contributed by atoms with Crippen molar-refractivity contribution in [3.63, 3.8) is 0 Å². The van der Waals surface area contributed by atoms with Crippen molar-refractivity contribution in [3.8, 4) is 0 Å². The molecule has 0 bridgehead atoms. The van der Waals surface area contributed by atoms with Gasteiger partial charge in [-0.05, 0) is 33.3 Å². The lowest BCUT2D eigenvalue weighted by Crippen LogP contribution is -2.34. The van der Waals surface area contributed by atoms with Crippen LogP contribution in [0.1, 0.15) is 33.6 Å². The van der Waals surface area contributed by atoms with E-state index in [1.807, 2.05) is 13.8 Å². The molecule has 0 aromatic carbocycles. The molecule has 0 radical (unpaired) electrons. The second kappa shape index (κ2) is 8.47. The highest BCUT2D eigenvalue weighted by atomic mass is 16.6. The number of allylic oxidation sites excluding steroid dienone is 1. The van der Waals surface area contributed by atoms with Gasteiger partial charge in [0, 0.05) is 12.0 Å². The summed E-state index contributed by atoms with van der Waals surface area (Å²) in [6.45, 7) is 8.72. The van der Waals surface area contributed by atoms with Gasteiger partial charge in [0.2, 0.25) is 0 Å². The van der Waals surface area contributed by atoms with E-state index in [1.54, 1.807) is 19.1 Å². The normalized spacial score (nSPS) is 34.1. The van der Waals surface area contributed by atoms with E-state index in [-0.39, 0.29) is 11.1 Å². The minimum atomic E-state index is -0.696. The first kappa shape index (κ1) is 20.1. The lowest BCUT2D eigenvalue weighted by Gasteiger charge is -2.28. The number of carbonyl (C=O) groups is 2. The van der Waals surface area contributed by atoms with Crippen molar-refractivity contribution in [2.24, 2.45) is 5.92 Å². The number of esters is 2. The highest BCUT2D eigenvalue weighted by Crippen LogP contribution is 2.36. The Balaban J connectivity index is 2.41. The number of hydrogen-bond donors (Lipinski definition) is 2. The van der Waals surface area contributed by atoms with Crippen LogP contribution in [0.15, 0.2) is 47.1 Å². The van der Waals surface area contributed by atoms with Gasteiger partial charge in [0.15, 0.2) is 0 Å². The molecule has 4 atom stereocenters. The van der Waals surface area contributed by atoms with Crippen molar-refractivity contribution < 1.29 is 29.3 Å². The van der Waals surface area contributed by atoms with Crippen LogP contribution in [0.25, 0.3) is 0 Å². The minimum Gasteiger partial charge on any atom is -0.458 e. The number of fused-ring (bicyclic) bond motifs is 1. The Bertz CT molecular complexity index is 684. The Kier molecular flexibility index (Phi) is 6.56. The molecule has 1 heterocycles. The SMILES string of the molecule is C=C1C(=O)O[C@@H]2/C=C(\C)C[C@H](O)/C=C(\C)C[C@@H](OC(=O)/C(=C\C)CO)[C@@H]12. The molecule has 2 rings (SSSR count). The maximum Gasteiger partial charge on any atom is 0.336 e. The maximum atomic E-state index is 12.3. The first-order chi connectivity index (χ1) is 12.3. The molecule has 1 fully saturated rings. The first-order valence-corrected chi connectivity index (χ1v) is 8.66. The molecule has 1 aliphatic heterocycles. The summed E-state index contributed by atoms with van der Waals surface area (Å²) in [7, 11) is 0. The standard InChI is InChI=1S/C20H26O6/c1-5-14(10-21)20(24)26-17-9-12(3)7-15(22)6-11(2)8-16-18(17)13(4)19(23)25-16/h5,7-8,15-18,21-22H,4,6,9-10H2,1-3H3/b11-8+,12-7+,14-5-/t15-,16+,17+,18-/m0/s1. The quantitative estimate of drug-likeness (QED) is 0.453. The summed E-state index contributed by atoms with van der Waals surface area (Å²) in [6, 6.07) is 0. The smallest absolute Gasteiger partial charge is 0.336 e. The van der Waals surface area contributed by atoms with Gasteiger partial charge in [-0.2, -0.15) is 0 Å². The van der Waals surface area contributed by atoms with Gasteiger partial charge in [-0.1, -0.05) is 29.9 Å². The van der Waals surface area contributed by atoms with Crippen molar-refractivity contribution in [2.75, 3.05) is 6.61 Å². The molecule has 6 nitrogen and oxygen atoms in total. The number of hydrogen-bond acceptors (Lipinski definition) is 6. The van der Waals surface area contributed by atoms with Crippen molar-refractivity contribution >= 4 is 11.9 Å². The zero-order valence-corrected chi connectivity index (χ0v) is 15.4. The zero-order chi connectivity index (χ0) is 19.4. The molecule has 0 saturated carbocycles. The fourth-order valence-corrected chi connectivity index (χ4v) is 3.36. The van der Waals surface area contributed by atoms with E-state index in [4.69, 9.17) is 9.47 Å². The van der Waals surface area contributed by atoms with E-state index < -0.39 is 42.8 Å². The second-order valence-electron chi connectivity index (χ2n) is 6.84. The largest absolute Gasteiger partial charge is 0.458 e. The Morgan fingerprint density at radius 1 is 1.35 bits per heavy atom. The third kappa shape index (κ3) is 4.51. The van der Waals surface area contributed by atoms with E-state index in [9.17, 15) is 19.8 Å². The van der Waals surface area contributed by atoms with Gasteiger partial charge in [-0.15, -0.1) is 0 Å². The maximum absolute atomic E-state index is 12.3.